The Morgan fingerprint density at radius 1 is 0.781 bits per heavy atom. The SMILES string of the molecule is CC.CC.CC.CC(=O)C(C)C(N)=O.CC(=O)c1ccc(-c2cc(F)c(C)c(F)c2)cc1. The van der Waals surface area contributed by atoms with Crippen molar-refractivity contribution < 1.29 is 23.2 Å². The summed E-state index contributed by atoms with van der Waals surface area (Å²) in [6, 6.07) is 9.24. The van der Waals surface area contributed by atoms with Gasteiger partial charge in [0.2, 0.25) is 5.91 Å². The second-order valence-corrected chi connectivity index (χ2v) is 5.93. The van der Waals surface area contributed by atoms with Crippen LogP contribution >= 0.6 is 0 Å². The topological polar surface area (TPSA) is 77.2 Å². The summed E-state index contributed by atoms with van der Waals surface area (Å²) in [5.41, 5.74) is 6.51. The first-order valence-electron chi connectivity index (χ1n) is 10.9. The Balaban J connectivity index is -0.000000507. The molecule has 0 radical (unpaired) electrons. The maximum atomic E-state index is 13.4. The van der Waals surface area contributed by atoms with Crippen molar-refractivity contribution in [3.8, 4) is 11.1 Å². The molecule has 0 aliphatic heterocycles. The number of benzene rings is 2. The predicted octanol–water partition coefficient (Wildman–Crippen LogP) is 6.92. The van der Waals surface area contributed by atoms with Crippen molar-refractivity contribution in [2.45, 2.75) is 69.2 Å². The summed E-state index contributed by atoms with van der Waals surface area (Å²) in [5, 5.41) is 0. The second kappa shape index (κ2) is 18.8. The Morgan fingerprint density at radius 3 is 1.41 bits per heavy atom. The van der Waals surface area contributed by atoms with E-state index in [2.05, 4.69) is 0 Å². The molecule has 1 amide bonds. The minimum absolute atomic E-state index is 0.0131. The number of hydrogen-bond acceptors (Lipinski definition) is 3. The van der Waals surface area contributed by atoms with Crippen molar-refractivity contribution in [3.05, 3.63) is 59.2 Å². The van der Waals surface area contributed by atoms with E-state index in [1.54, 1.807) is 24.3 Å². The number of nitrogens with two attached hydrogens (primary N) is 1. The number of hydrogen-bond donors (Lipinski definition) is 1. The van der Waals surface area contributed by atoms with Gasteiger partial charge in [0.25, 0.3) is 0 Å². The van der Waals surface area contributed by atoms with Crippen molar-refractivity contribution in [1.29, 1.82) is 0 Å². The zero-order valence-corrected chi connectivity index (χ0v) is 21.1. The van der Waals surface area contributed by atoms with Crippen LogP contribution in [0, 0.1) is 24.5 Å². The molecule has 4 nitrogen and oxygen atoms in total. The highest BCUT2D eigenvalue weighted by Crippen LogP contribution is 2.24. The maximum absolute atomic E-state index is 13.4. The summed E-state index contributed by atoms with van der Waals surface area (Å²) < 4.78 is 26.9. The van der Waals surface area contributed by atoms with Crippen LogP contribution < -0.4 is 5.73 Å². The van der Waals surface area contributed by atoms with Gasteiger partial charge >= 0.3 is 0 Å². The molecule has 1 atom stereocenters. The van der Waals surface area contributed by atoms with E-state index in [4.69, 9.17) is 5.73 Å². The highest BCUT2D eigenvalue weighted by atomic mass is 19.1. The first-order valence-corrected chi connectivity index (χ1v) is 10.9. The molecule has 0 bridgehead atoms. The standard InChI is InChI=1S/C15H12F2O.C5H9NO2.3C2H6/c1-9-14(16)7-13(8-15(9)17)12-5-3-11(4-6-12)10(2)18;1-3(4(2)7)5(6)8;3*1-2/h3-8H,1-2H3;3H,1-2H3,(H2,6,8);3*1-2H3. The van der Waals surface area contributed by atoms with Gasteiger partial charge < -0.3 is 5.73 Å². The number of ketones is 2. The highest BCUT2D eigenvalue weighted by molar-refractivity contribution is 5.99. The molecule has 1 unspecified atom stereocenters. The molecule has 0 heterocycles. The number of Topliss-reactive ketones (excluding diaryl/α,β-unsaturated/α-hetero) is 2. The normalized spacial score (nSPS) is 9.62. The Labute approximate surface area is 192 Å². The Kier molecular flexibility index (Phi) is 19.9. The Hall–Kier alpha value is -2.89. The summed E-state index contributed by atoms with van der Waals surface area (Å²) in [5.74, 6) is -2.55. The highest BCUT2D eigenvalue weighted by Gasteiger charge is 2.12. The average Bonchev–Trinajstić information content (AvgIpc) is 2.81. The monoisotopic (exact) mass is 451 g/mol. The zero-order valence-electron chi connectivity index (χ0n) is 21.1. The molecule has 2 aromatic carbocycles. The molecule has 0 aliphatic carbocycles. The van der Waals surface area contributed by atoms with Gasteiger partial charge in [0.1, 0.15) is 17.4 Å². The van der Waals surface area contributed by atoms with Gasteiger partial charge in [0, 0.05) is 11.1 Å². The molecule has 0 spiro atoms. The lowest BCUT2D eigenvalue weighted by atomic mass is 10.0. The number of carbonyl (C=O) groups excluding carboxylic acids is 3. The van der Waals surface area contributed by atoms with Gasteiger partial charge in [-0.25, -0.2) is 8.78 Å². The Bertz CT molecular complexity index is 794. The fraction of sp³-hybridized carbons (Fsp3) is 0.423. The lowest BCUT2D eigenvalue weighted by molar-refractivity contribution is -0.130. The molecular weight excluding hydrogens is 412 g/mol. The van der Waals surface area contributed by atoms with Gasteiger partial charge in [0.15, 0.2) is 5.78 Å². The van der Waals surface area contributed by atoms with Gasteiger partial charge in [0.05, 0.1) is 5.92 Å². The molecule has 0 aromatic heterocycles. The molecule has 0 fully saturated rings. The van der Waals surface area contributed by atoms with E-state index < -0.39 is 23.5 Å². The van der Waals surface area contributed by atoms with Gasteiger partial charge in [-0.15, -0.1) is 0 Å². The molecule has 0 saturated heterocycles. The molecule has 32 heavy (non-hydrogen) atoms. The number of rotatable bonds is 4. The molecule has 2 rings (SSSR count). The fourth-order valence-electron chi connectivity index (χ4n) is 1.91. The minimum Gasteiger partial charge on any atom is -0.369 e. The summed E-state index contributed by atoms with van der Waals surface area (Å²) in [6.07, 6.45) is 0. The van der Waals surface area contributed by atoms with Crippen LogP contribution in [0.1, 0.15) is 78.2 Å². The van der Waals surface area contributed by atoms with Crippen LogP contribution in [-0.2, 0) is 9.59 Å². The van der Waals surface area contributed by atoms with Crippen molar-refractivity contribution in [1.82, 2.24) is 0 Å². The molecule has 0 saturated carbocycles. The summed E-state index contributed by atoms with van der Waals surface area (Å²) >= 11 is 0. The average molecular weight is 452 g/mol. The van der Waals surface area contributed by atoms with E-state index in [-0.39, 0.29) is 17.1 Å². The molecule has 2 N–H and O–H groups in total. The van der Waals surface area contributed by atoms with E-state index in [0.717, 1.165) is 0 Å². The first-order chi connectivity index (χ1) is 15.0. The third-order valence-corrected chi connectivity index (χ3v) is 3.94. The van der Waals surface area contributed by atoms with E-state index in [1.165, 1.54) is 39.8 Å². The summed E-state index contributed by atoms with van der Waals surface area (Å²) in [6.45, 7) is 17.7. The van der Waals surface area contributed by atoms with E-state index >= 15 is 0 Å². The van der Waals surface area contributed by atoms with Gasteiger partial charge in [-0.1, -0.05) is 65.8 Å². The van der Waals surface area contributed by atoms with E-state index in [0.29, 0.717) is 16.7 Å². The van der Waals surface area contributed by atoms with E-state index in [1.807, 2.05) is 41.5 Å². The predicted molar refractivity (Wildman–Crippen MR) is 130 cm³/mol. The molecular formula is C26H39F2NO3. The molecule has 0 aliphatic rings. The van der Waals surface area contributed by atoms with Crippen molar-refractivity contribution in [3.63, 3.8) is 0 Å². The lowest BCUT2D eigenvalue weighted by Gasteiger charge is -2.06. The smallest absolute Gasteiger partial charge is 0.227 e. The third-order valence-electron chi connectivity index (χ3n) is 3.94. The van der Waals surface area contributed by atoms with Gasteiger partial charge in [-0.2, -0.15) is 0 Å². The van der Waals surface area contributed by atoms with Crippen molar-refractivity contribution >= 4 is 17.5 Å². The summed E-state index contributed by atoms with van der Waals surface area (Å²) in [4.78, 5) is 31.6. The number of carbonyl (C=O) groups is 3. The van der Waals surface area contributed by atoms with Crippen LogP contribution in [0.15, 0.2) is 36.4 Å². The Morgan fingerprint density at radius 2 is 1.16 bits per heavy atom. The number of amides is 1. The number of primary amides is 1. The molecule has 2 aromatic rings. The molecule has 180 valence electrons. The number of halogens is 2. The zero-order chi connectivity index (χ0) is 26.0. The van der Waals surface area contributed by atoms with Gasteiger partial charge in [-0.05, 0) is 51.0 Å². The van der Waals surface area contributed by atoms with Crippen LogP contribution in [0.2, 0.25) is 0 Å². The van der Waals surface area contributed by atoms with Gasteiger partial charge in [-0.3, -0.25) is 14.4 Å². The summed E-state index contributed by atoms with van der Waals surface area (Å²) in [7, 11) is 0. The minimum atomic E-state index is -0.630. The van der Waals surface area contributed by atoms with Crippen LogP contribution in [0.25, 0.3) is 11.1 Å². The van der Waals surface area contributed by atoms with Crippen LogP contribution in [-0.4, -0.2) is 17.5 Å². The maximum Gasteiger partial charge on any atom is 0.227 e. The quantitative estimate of drug-likeness (QED) is 0.405. The van der Waals surface area contributed by atoms with E-state index in [9.17, 15) is 23.2 Å². The van der Waals surface area contributed by atoms with Crippen LogP contribution in [0.5, 0.6) is 0 Å². The first kappa shape index (κ1) is 33.7. The lowest BCUT2D eigenvalue weighted by Crippen LogP contribution is -2.25. The van der Waals surface area contributed by atoms with Crippen LogP contribution in [0.4, 0.5) is 8.78 Å². The second-order valence-electron chi connectivity index (χ2n) is 5.93. The third kappa shape index (κ3) is 12.1. The fourth-order valence-corrected chi connectivity index (χ4v) is 1.91. The molecule has 6 heteroatoms. The van der Waals surface area contributed by atoms with Crippen molar-refractivity contribution in [2.75, 3.05) is 0 Å². The van der Waals surface area contributed by atoms with Crippen molar-refractivity contribution in [2.24, 2.45) is 11.7 Å². The largest absolute Gasteiger partial charge is 0.369 e. The van der Waals surface area contributed by atoms with Crippen LogP contribution in [0.3, 0.4) is 0 Å².